The monoisotopic (exact) mass is 182 g/mol. The topological polar surface area (TPSA) is 20.2 Å². The first-order valence-electron chi connectivity index (χ1n) is 3.72. The summed E-state index contributed by atoms with van der Waals surface area (Å²) in [6, 6.07) is 5.60. The maximum Gasteiger partial charge on any atom is 0.125 e. The molecule has 1 rings (SSSR count). The second-order valence-corrected chi connectivity index (χ2v) is 2.98. The highest BCUT2D eigenvalue weighted by Crippen LogP contribution is 2.27. The van der Waals surface area contributed by atoms with Gasteiger partial charge in [-0.25, -0.2) is 0 Å². The largest absolute Gasteiger partial charge is 0.507 e. The van der Waals surface area contributed by atoms with Gasteiger partial charge >= 0.3 is 0 Å². The molecule has 0 aliphatic heterocycles. The molecule has 0 amide bonds. The van der Waals surface area contributed by atoms with Crippen LogP contribution in [0.3, 0.4) is 0 Å². The molecule has 0 unspecified atom stereocenters. The number of halogens is 1. The van der Waals surface area contributed by atoms with E-state index in [4.69, 9.17) is 11.6 Å². The van der Waals surface area contributed by atoms with E-state index in [9.17, 15) is 5.11 Å². The molecule has 0 saturated heterocycles. The van der Waals surface area contributed by atoms with E-state index in [1.165, 1.54) is 5.54 Å². The van der Waals surface area contributed by atoms with Crippen molar-refractivity contribution in [2.75, 3.05) is 0 Å². The average molecular weight is 183 g/mol. The van der Waals surface area contributed by atoms with Gasteiger partial charge < -0.3 is 5.11 Å². The molecule has 0 bridgehead atoms. The van der Waals surface area contributed by atoms with E-state index in [2.05, 4.69) is 0 Å². The lowest BCUT2D eigenvalue weighted by molar-refractivity contribution is 0.469. The lowest BCUT2D eigenvalue weighted by atomic mass is 10.0. The van der Waals surface area contributed by atoms with Gasteiger partial charge in [0.25, 0.3) is 0 Å². The molecule has 1 aromatic carbocycles. The highest BCUT2D eigenvalue weighted by Gasteiger charge is 2.03. The summed E-state index contributed by atoms with van der Waals surface area (Å²) in [5.74, 6) is 0.312. The minimum absolute atomic E-state index is 0.312. The Kier molecular flexibility index (Phi) is 2.77. The Morgan fingerprint density at radius 3 is 2.75 bits per heavy atom. The predicted octanol–water partition coefficient (Wildman–Crippen LogP) is 3.30. The molecular formula is C10H11ClO. The van der Waals surface area contributed by atoms with E-state index in [-0.39, 0.29) is 0 Å². The molecule has 1 aromatic rings. The molecule has 12 heavy (non-hydrogen) atoms. The molecule has 0 atom stereocenters. The maximum atomic E-state index is 9.60. The van der Waals surface area contributed by atoms with Gasteiger partial charge in [0.05, 0.1) is 0 Å². The second kappa shape index (κ2) is 3.63. The molecule has 0 fully saturated rings. The quantitative estimate of drug-likeness (QED) is 0.707. The van der Waals surface area contributed by atoms with Crippen LogP contribution in [0, 0.1) is 6.92 Å². The van der Waals surface area contributed by atoms with Gasteiger partial charge in [-0.15, -0.1) is 0 Å². The summed E-state index contributed by atoms with van der Waals surface area (Å²) in [6.45, 7) is 3.72. The molecule has 1 N–H and O–H groups in total. The van der Waals surface area contributed by atoms with Crippen molar-refractivity contribution in [1.82, 2.24) is 0 Å². The Balaban J connectivity index is 3.26. The van der Waals surface area contributed by atoms with Crippen LogP contribution in [0.1, 0.15) is 18.1 Å². The van der Waals surface area contributed by atoms with E-state index in [0.29, 0.717) is 5.75 Å². The number of phenolic OH excluding ortho intramolecular Hbond substituents is 1. The third-order valence-corrected chi connectivity index (χ3v) is 2.15. The van der Waals surface area contributed by atoms with Crippen molar-refractivity contribution in [3.05, 3.63) is 34.9 Å². The van der Waals surface area contributed by atoms with Gasteiger partial charge in [0, 0.05) is 11.1 Å². The number of hydrogen-bond donors (Lipinski definition) is 1. The number of aromatic hydroxyl groups is 1. The summed E-state index contributed by atoms with van der Waals surface area (Å²) in [7, 11) is 0. The van der Waals surface area contributed by atoms with E-state index in [0.717, 1.165) is 16.7 Å². The highest BCUT2D eigenvalue weighted by molar-refractivity contribution is 6.28. The number of aryl methyl sites for hydroxylation is 1. The third-order valence-electron chi connectivity index (χ3n) is 1.83. The molecule has 1 nitrogen and oxygen atoms in total. The molecule has 0 saturated carbocycles. The van der Waals surface area contributed by atoms with Gasteiger partial charge in [0.1, 0.15) is 5.75 Å². The van der Waals surface area contributed by atoms with Gasteiger partial charge in [0.2, 0.25) is 0 Å². The molecule has 0 radical (unpaired) electrons. The van der Waals surface area contributed by atoms with Gasteiger partial charge in [-0.2, -0.15) is 0 Å². The minimum Gasteiger partial charge on any atom is -0.507 e. The van der Waals surface area contributed by atoms with Crippen molar-refractivity contribution in [3.63, 3.8) is 0 Å². The van der Waals surface area contributed by atoms with E-state index < -0.39 is 0 Å². The Labute approximate surface area is 77.3 Å². The smallest absolute Gasteiger partial charge is 0.125 e. The minimum atomic E-state index is 0.312. The standard InChI is InChI=1S/C10H11ClO/c1-7-4-3-5-9(10(7)12)8(2)6-11/h3-6,12H,1-2H3/b8-6-. The fourth-order valence-electron chi connectivity index (χ4n) is 1.04. The number of allylic oxidation sites excluding steroid dienone is 1. The Morgan fingerprint density at radius 2 is 2.17 bits per heavy atom. The maximum absolute atomic E-state index is 9.60. The summed E-state index contributed by atoms with van der Waals surface area (Å²) in [5.41, 5.74) is 4.00. The third kappa shape index (κ3) is 1.62. The summed E-state index contributed by atoms with van der Waals surface area (Å²) >= 11 is 5.54. The molecule has 2 heteroatoms. The summed E-state index contributed by atoms with van der Waals surface area (Å²) in [4.78, 5) is 0. The summed E-state index contributed by atoms with van der Waals surface area (Å²) < 4.78 is 0. The molecule has 0 aliphatic carbocycles. The SMILES string of the molecule is C/C(=C/Cl)c1cccc(C)c1O. The number of para-hydroxylation sites is 1. The van der Waals surface area contributed by atoms with E-state index >= 15 is 0 Å². The van der Waals surface area contributed by atoms with E-state index in [1.54, 1.807) is 0 Å². The van der Waals surface area contributed by atoms with Crippen molar-refractivity contribution >= 4 is 17.2 Å². The van der Waals surface area contributed by atoms with Crippen molar-refractivity contribution in [1.29, 1.82) is 0 Å². The first kappa shape index (κ1) is 9.14. The number of rotatable bonds is 1. The lowest BCUT2D eigenvalue weighted by Crippen LogP contribution is -1.82. The van der Waals surface area contributed by atoms with Crippen LogP contribution in [-0.4, -0.2) is 5.11 Å². The Bertz CT molecular complexity index is 316. The van der Waals surface area contributed by atoms with Crippen molar-refractivity contribution in [2.45, 2.75) is 13.8 Å². The second-order valence-electron chi connectivity index (χ2n) is 2.76. The van der Waals surface area contributed by atoms with Crippen molar-refractivity contribution in [3.8, 4) is 5.75 Å². The Morgan fingerprint density at radius 1 is 1.50 bits per heavy atom. The Hall–Kier alpha value is -0.950. The normalized spacial score (nSPS) is 11.8. The van der Waals surface area contributed by atoms with Gasteiger partial charge in [-0.1, -0.05) is 29.8 Å². The van der Waals surface area contributed by atoms with Crippen LogP contribution >= 0.6 is 11.6 Å². The molecule has 64 valence electrons. The number of hydrogen-bond acceptors (Lipinski definition) is 1. The first-order chi connectivity index (χ1) is 5.66. The first-order valence-corrected chi connectivity index (χ1v) is 4.16. The molecule has 0 spiro atoms. The predicted molar refractivity (Wildman–Crippen MR) is 52.3 cm³/mol. The molecule has 0 aromatic heterocycles. The van der Waals surface area contributed by atoms with Crippen molar-refractivity contribution < 1.29 is 5.11 Å². The van der Waals surface area contributed by atoms with Gasteiger partial charge in [-0.3, -0.25) is 0 Å². The van der Waals surface area contributed by atoms with Crippen LogP contribution < -0.4 is 0 Å². The zero-order chi connectivity index (χ0) is 9.14. The number of benzene rings is 1. The van der Waals surface area contributed by atoms with Crippen LogP contribution in [0.15, 0.2) is 23.7 Å². The van der Waals surface area contributed by atoms with E-state index in [1.807, 2.05) is 32.0 Å². The molecular weight excluding hydrogens is 172 g/mol. The summed E-state index contributed by atoms with van der Waals surface area (Å²) in [6.07, 6.45) is 0. The van der Waals surface area contributed by atoms with Crippen LogP contribution in [0.25, 0.3) is 5.57 Å². The van der Waals surface area contributed by atoms with Crippen LogP contribution in [-0.2, 0) is 0 Å². The highest BCUT2D eigenvalue weighted by atomic mass is 35.5. The zero-order valence-electron chi connectivity index (χ0n) is 7.13. The van der Waals surface area contributed by atoms with Crippen molar-refractivity contribution in [2.24, 2.45) is 0 Å². The zero-order valence-corrected chi connectivity index (χ0v) is 7.89. The fraction of sp³-hybridized carbons (Fsp3) is 0.200. The molecule has 0 heterocycles. The van der Waals surface area contributed by atoms with Crippen LogP contribution in [0.4, 0.5) is 0 Å². The van der Waals surface area contributed by atoms with Gasteiger partial charge in [-0.05, 0) is 25.0 Å². The van der Waals surface area contributed by atoms with Crippen LogP contribution in [0.2, 0.25) is 0 Å². The number of phenols is 1. The fourth-order valence-corrected chi connectivity index (χ4v) is 1.15. The summed E-state index contributed by atoms with van der Waals surface area (Å²) in [5, 5.41) is 9.60. The molecule has 0 aliphatic rings. The van der Waals surface area contributed by atoms with Gasteiger partial charge in [0.15, 0.2) is 0 Å². The average Bonchev–Trinajstić information content (AvgIpc) is 2.08. The lowest BCUT2D eigenvalue weighted by Gasteiger charge is -2.05. The van der Waals surface area contributed by atoms with Crippen LogP contribution in [0.5, 0.6) is 5.75 Å².